The van der Waals surface area contributed by atoms with Crippen molar-refractivity contribution < 1.29 is 59.3 Å². The third-order valence-corrected chi connectivity index (χ3v) is 8.53. The summed E-state index contributed by atoms with van der Waals surface area (Å²) in [5.74, 6) is -0.880. The molecule has 1 unspecified atom stereocenters. The number of rotatable bonds is 9. The van der Waals surface area contributed by atoms with E-state index in [9.17, 15) is 40.0 Å². The van der Waals surface area contributed by atoms with Crippen molar-refractivity contribution in [3.63, 3.8) is 0 Å². The maximum absolute atomic E-state index is 13.6. The Morgan fingerprint density at radius 1 is 1.23 bits per heavy atom. The number of carboxylic acids is 1. The van der Waals surface area contributed by atoms with Crippen molar-refractivity contribution in [3.05, 3.63) is 23.2 Å². The molecular formula is C24H31F5N3O8PS2. The summed E-state index contributed by atoms with van der Waals surface area (Å²) in [5, 5.41) is 9.57. The third kappa shape index (κ3) is 9.76. The number of ether oxygens (including phenoxy) is 3. The monoisotopic (exact) mass is 679 g/mol. The van der Waals surface area contributed by atoms with Crippen molar-refractivity contribution in [1.29, 1.82) is 0 Å². The Kier molecular flexibility index (Phi) is 11.6. The number of hydrogen-bond donors (Lipinski definition) is 2. The second-order valence-electron chi connectivity index (χ2n) is 9.73. The molecule has 0 spiro atoms. The number of thiazole rings is 1. The number of carbonyl (C=O) groups excluding carboxylic acids is 1. The van der Waals surface area contributed by atoms with Crippen molar-refractivity contribution in [1.82, 2.24) is 4.98 Å². The lowest BCUT2D eigenvalue weighted by Gasteiger charge is -2.30. The number of anilines is 2. The van der Waals surface area contributed by atoms with Gasteiger partial charge in [-0.2, -0.15) is 30.4 Å². The van der Waals surface area contributed by atoms with Gasteiger partial charge in [-0.05, 0) is 38.5 Å². The fraction of sp³-hybridized carbons (Fsp3) is 0.542. The van der Waals surface area contributed by atoms with Crippen molar-refractivity contribution in [2.75, 3.05) is 29.4 Å². The molecule has 1 amide bonds. The fourth-order valence-corrected chi connectivity index (χ4v) is 5.71. The minimum atomic E-state index is -4.83. The highest BCUT2D eigenvalue weighted by atomic mass is 32.2. The molecule has 1 aliphatic rings. The van der Waals surface area contributed by atoms with E-state index in [4.69, 9.17) is 14.6 Å². The zero-order chi connectivity index (χ0) is 33.0. The molecule has 242 valence electrons. The number of hydrogen-bond acceptors (Lipinski definition) is 9. The van der Waals surface area contributed by atoms with Crippen LogP contribution in [0.5, 0.6) is 10.8 Å². The van der Waals surface area contributed by atoms with Crippen LogP contribution in [0.1, 0.15) is 39.6 Å². The van der Waals surface area contributed by atoms with Crippen LogP contribution in [0.15, 0.2) is 23.2 Å². The number of sulfonamides is 1. The molecule has 2 N–H and O–H groups in total. The molecule has 0 radical (unpaired) electrons. The lowest BCUT2D eigenvalue weighted by molar-refractivity contribution is -0.242. The number of nitrogens with zero attached hydrogens (tertiary/aromatic N) is 2. The van der Waals surface area contributed by atoms with Crippen LogP contribution in [0.3, 0.4) is 0 Å². The van der Waals surface area contributed by atoms with E-state index < -0.39 is 51.2 Å². The minimum Gasteiger partial charge on any atom is -0.489 e. The fourth-order valence-electron chi connectivity index (χ4n) is 2.96. The van der Waals surface area contributed by atoms with Crippen molar-refractivity contribution >= 4 is 54.0 Å². The van der Waals surface area contributed by atoms with Crippen LogP contribution >= 0.6 is 20.6 Å². The Labute approximate surface area is 251 Å². The molecule has 0 bridgehead atoms. The topological polar surface area (TPSA) is 144 Å². The van der Waals surface area contributed by atoms with E-state index in [0.29, 0.717) is 25.3 Å². The van der Waals surface area contributed by atoms with Gasteiger partial charge in [-0.25, -0.2) is 9.78 Å². The lowest BCUT2D eigenvalue weighted by Crippen LogP contribution is -2.44. The first-order chi connectivity index (χ1) is 19.6. The van der Waals surface area contributed by atoms with E-state index in [-0.39, 0.29) is 41.3 Å². The van der Waals surface area contributed by atoms with Crippen LogP contribution in [0, 0.1) is 5.92 Å². The normalized spacial score (nSPS) is 13.8. The van der Waals surface area contributed by atoms with Crippen molar-refractivity contribution in [3.8, 4) is 10.8 Å². The lowest BCUT2D eigenvalue weighted by atomic mass is 10.1. The quantitative estimate of drug-likeness (QED) is 0.250. The van der Waals surface area contributed by atoms with Gasteiger partial charge in [0.1, 0.15) is 12.4 Å². The Balaban J connectivity index is 0.000000973. The summed E-state index contributed by atoms with van der Waals surface area (Å²) in [6, 6.07) is 3.76. The molecule has 1 atom stereocenters. The van der Waals surface area contributed by atoms with Gasteiger partial charge in [-0.3, -0.25) is 14.4 Å². The smallest absolute Gasteiger partial charge is 0.427 e. The highest BCUT2D eigenvalue weighted by Gasteiger charge is 2.51. The molecule has 1 aliphatic heterocycles. The van der Waals surface area contributed by atoms with E-state index in [1.807, 2.05) is 0 Å². The van der Waals surface area contributed by atoms with E-state index in [1.54, 1.807) is 20.8 Å². The summed E-state index contributed by atoms with van der Waals surface area (Å²) in [6.07, 6.45) is -5.93. The van der Waals surface area contributed by atoms with Crippen LogP contribution < -0.4 is 19.1 Å². The number of amides is 1. The standard InChI is InChI=1S/C20H23F5N3O6PS2.C4H8O2/c1-4-14-27-15(16(36-14)33-10-19(21,22)35)37(30,31)28-7-8-32-13-6-5-11(9-12(13)28)26-17(29)34-18(2,3)20(23,24)25;1-3(2)4(5)6/h5-6,9H,4,7-8,10,35H2,1-3H3,(H,26,29);3H,1-2H3,(H,5,6). The van der Waals surface area contributed by atoms with E-state index in [1.165, 1.54) is 27.4 Å². The largest absolute Gasteiger partial charge is 0.489 e. The van der Waals surface area contributed by atoms with Crippen LogP contribution in [0.2, 0.25) is 0 Å². The average molecular weight is 680 g/mol. The summed E-state index contributed by atoms with van der Waals surface area (Å²) in [7, 11) is -3.18. The van der Waals surface area contributed by atoms with Gasteiger partial charge >= 0.3 is 18.2 Å². The number of halogens is 5. The predicted molar refractivity (Wildman–Crippen MR) is 151 cm³/mol. The maximum atomic E-state index is 13.6. The molecule has 0 saturated heterocycles. The minimum absolute atomic E-state index is 0.0625. The molecule has 0 saturated carbocycles. The first-order valence-electron chi connectivity index (χ1n) is 12.5. The third-order valence-electron chi connectivity index (χ3n) is 5.39. The van der Waals surface area contributed by atoms with Gasteiger partial charge in [-0.15, -0.1) is 0 Å². The Morgan fingerprint density at radius 2 is 1.84 bits per heavy atom. The van der Waals surface area contributed by atoms with Crippen LogP contribution in [0.4, 0.5) is 38.1 Å². The number of carboxylic acid groups (broad SMARTS) is 1. The number of fused-ring (bicyclic) bond motifs is 1. The molecule has 2 aromatic rings. The van der Waals surface area contributed by atoms with Gasteiger partial charge in [0.05, 0.1) is 23.2 Å². The molecule has 1 aromatic carbocycles. The summed E-state index contributed by atoms with van der Waals surface area (Å²) in [5.41, 5.74) is -6.24. The molecule has 11 nitrogen and oxygen atoms in total. The van der Waals surface area contributed by atoms with Crippen LogP contribution in [0.25, 0.3) is 0 Å². The second-order valence-corrected chi connectivity index (χ2v) is 13.4. The molecule has 3 rings (SSSR count). The van der Waals surface area contributed by atoms with Gasteiger partial charge < -0.3 is 19.3 Å². The average Bonchev–Trinajstić information content (AvgIpc) is 3.30. The molecule has 0 aliphatic carbocycles. The number of nitrogens with one attached hydrogen (secondary N) is 1. The van der Waals surface area contributed by atoms with Gasteiger partial charge in [0.25, 0.3) is 15.7 Å². The number of aliphatic carboxylic acids is 1. The number of carbonyl (C=O) groups is 2. The Morgan fingerprint density at radius 3 is 2.35 bits per heavy atom. The van der Waals surface area contributed by atoms with E-state index >= 15 is 0 Å². The molecule has 1 aromatic heterocycles. The van der Waals surface area contributed by atoms with Gasteiger partial charge in [-0.1, -0.05) is 41.3 Å². The first kappa shape index (κ1) is 36.2. The summed E-state index contributed by atoms with van der Waals surface area (Å²) in [4.78, 5) is 25.8. The molecule has 0 fully saturated rings. The van der Waals surface area contributed by atoms with Gasteiger partial charge in [0.2, 0.25) is 15.7 Å². The SMILES string of the molecule is CC(C)C(=O)O.CCc1nc(S(=O)(=O)N2CCOc3ccc(NC(=O)OC(C)(C)C(F)(F)F)cc32)c(OCC(F)(F)P)s1. The highest BCUT2D eigenvalue weighted by molar-refractivity contribution is 7.93. The molecule has 19 heteroatoms. The van der Waals surface area contributed by atoms with Crippen LogP contribution in [-0.4, -0.2) is 67.8 Å². The number of alkyl halides is 5. The number of benzene rings is 1. The number of aromatic nitrogens is 1. The van der Waals surface area contributed by atoms with Crippen molar-refractivity contribution in [2.45, 2.75) is 63.5 Å². The van der Waals surface area contributed by atoms with Crippen LogP contribution in [-0.2, 0) is 26.0 Å². The Hall–Kier alpha value is -2.98. The zero-order valence-electron chi connectivity index (χ0n) is 23.6. The number of aryl methyl sites for hydroxylation is 1. The highest BCUT2D eigenvalue weighted by Crippen LogP contribution is 2.41. The second kappa shape index (κ2) is 13.8. The molecule has 43 heavy (non-hydrogen) atoms. The summed E-state index contributed by atoms with van der Waals surface area (Å²) < 4.78 is 109. The Bertz CT molecular complexity index is 1410. The predicted octanol–water partition coefficient (Wildman–Crippen LogP) is 5.76. The first-order valence-corrected chi connectivity index (χ1v) is 15.3. The van der Waals surface area contributed by atoms with Gasteiger partial charge in [0, 0.05) is 5.69 Å². The van der Waals surface area contributed by atoms with Crippen molar-refractivity contribution in [2.24, 2.45) is 5.92 Å². The zero-order valence-corrected chi connectivity index (χ0v) is 26.4. The maximum Gasteiger partial charge on any atom is 0.427 e. The van der Waals surface area contributed by atoms with E-state index in [2.05, 4.69) is 15.0 Å². The van der Waals surface area contributed by atoms with Gasteiger partial charge in [0.15, 0.2) is 6.61 Å². The summed E-state index contributed by atoms with van der Waals surface area (Å²) in [6.45, 7) is 4.96. The van der Waals surface area contributed by atoms with E-state index in [0.717, 1.165) is 15.6 Å². The molecular weight excluding hydrogens is 648 g/mol. The molecule has 2 heterocycles. The summed E-state index contributed by atoms with van der Waals surface area (Å²) >= 11 is 0.813.